The van der Waals surface area contributed by atoms with E-state index < -0.39 is 5.60 Å². The number of unbranched alkanes of at least 4 members (excludes halogenated alkanes) is 1. The molecule has 2 heterocycles. The van der Waals surface area contributed by atoms with Crippen LogP contribution in [0.5, 0.6) is 0 Å². The predicted octanol–water partition coefficient (Wildman–Crippen LogP) is -0.303. The van der Waals surface area contributed by atoms with Crippen molar-refractivity contribution in [2.45, 2.75) is 50.0 Å². The summed E-state index contributed by atoms with van der Waals surface area (Å²) in [5.41, 5.74) is 0.458. The number of carbonyl (C=O) groups is 1. The second-order valence-corrected chi connectivity index (χ2v) is 8.58. The van der Waals surface area contributed by atoms with Crippen LogP contribution < -0.4 is 26.9 Å². The molecular weight excluding hydrogens is 482 g/mol. The topological polar surface area (TPSA) is 67.4 Å². The molecule has 0 saturated carbocycles. The van der Waals surface area contributed by atoms with Gasteiger partial charge in [-0.15, -0.1) is 0 Å². The molecule has 6 nitrogen and oxygen atoms in total. The number of hydrogen-bond acceptors (Lipinski definition) is 4. The maximum absolute atomic E-state index is 12.4. The molecule has 1 fully saturated rings. The molecule has 0 spiro atoms. The Morgan fingerprint density at radius 2 is 1.76 bits per heavy atom. The third-order valence-electron chi connectivity index (χ3n) is 6.19. The summed E-state index contributed by atoms with van der Waals surface area (Å²) in [6.45, 7) is 1.43. The van der Waals surface area contributed by atoms with Gasteiger partial charge < -0.3 is 32.1 Å². The zero-order valence-electron chi connectivity index (χ0n) is 18.9. The number of benzene rings is 2. The van der Waals surface area contributed by atoms with Crippen LogP contribution in [0.25, 0.3) is 0 Å². The largest absolute Gasteiger partial charge is 1.00 e. The number of hydrogen-bond donors (Lipinski definition) is 2. The lowest BCUT2D eigenvalue weighted by atomic mass is 9.79. The molecule has 1 aromatic heterocycles. The number of carbonyl (C=O) groups excluding carboxylic acids is 1. The van der Waals surface area contributed by atoms with Crippen LogP contribution in [-0.4, -0.2) is 34.3 Å². The monoisotopic (exact) mass is 513 g/mol. The Morgan fingerprint density at radius 3 is 2.33 bits per heavy atom. The lowest BCUT2D eigenvalue weighted by Crippen LogP contribution is -3.00. The molecule has 0 unspecified atom stereocenters. The number of imidazole rings is 1. The van der Waals surface area contributed by atoms with Gasteiger partial charge in [-0.05, 0) is 24.0 Å². The Morgan fingerprint density at radius 1 is 1.12 bits per heavy atom. The van der Waals surface area contributed by atoms with Gasteiger partial charge in [0.2, 0.25) is 6.33 Å². The standard InChI is InChI=1S/C26H32N3O3.BrH/c1-28-16-17-29(20-28)15-9-8-14-25(30)32-23-18-24(27-19-23)26(31,21-10-4-2-5-11-21)22-12-6-3-7-13-22;/h2-7,10-13,16-17,20,23-24,27,31H,8-9,14-15,18-19H2,1H3;1H/q+1;/p-1/t23-,24-;/m1./s1. The average molecular weight is 514 g/mol. The van der Waals surface area contributed by atoms with E-state index in [9.17, 15) is 9.90 Å². The van der Waals surface area contributed by atoms with E-state index in [0.717, 1.165) is 30.5 Å². The van der Waals surface area contributed by atoms with Crippen LogP contribution in [0.4, 0.5) is 0 Å². The highest BCUT2D eigenvalue weighted by atomic mass is 79.9. The van der Waals surface area contributed by atoms with Crippen LogP contribution in [0.15, 0.2) is 79.4 Å². The molecule has 1 aliphatic heterocycles. The van der Waals surface area contributed by atoms with Gasteiger partial charge in [0.25, 0.3) is 0 Å². The molecule has 176 valence electrons. The molecule has 2 atom stereocenters. The van der Waals surface area contributed by atoms with Gasteiger partial charge in [0, 0.05) is 25.4 Å². The Labute approximate surface area is 206 Å². The van der Waals surface area contributed by atoms with Crippen LogP contribution in [0, 0.1) is 0 Å². The summed E-state index contributed by atoms with van der Waals surface area (Å²) in [4.78, 5) is 12.4. The van der Waals surface area contributed by atoms with Crippen molar-refractivity contribution in [2.75, 3.05) is 6.54 Å². The lowest BCUT2D eigenvalue weighted by molar-refractivity contribution is -0.671. The molecule has 1 saturated heterocycles. The maximum Gasteiger partial charge on any atom is 0.306 e. The number of rotatable bonds is 9. The van der Waals surface area contributed by atoms with Crippen molar-refractivity contribution in [3.63, 3.8) is 0 Å². The minimum atomic E-state index is -1.20. The summed E-state index contributed by atoms with van der Waals surface area (Å²) in [5.74, 6) is -0.168. The summed E-state index contributed by atoms with van der Waals surface area (Å²) in [6, 6.07) is 19.1. The quantitative estimate of drug-likeness (QED) is 0.234. The molecule has 2 aromatic carbocycles. The Hall–Kier alpha value is -2.48. The van der Waals surface area contributed by atoms with Gasteiger partial charge in [0.15, 0.2) is 0 Å². The lowest BCUT2D eigenvalue weighted by Gasteiger charge is -2.35. The van der Waals surface area contributed by atoms with Crippen molar-refractivity contribution < 1.29 is 36.2 Å². The van der Waals surface area contributed by atoms with Crippen LogP contribution in [0.3, 0.4) is 0 Å². The highest BCUT2D eigenvalue weighted by molar-refractivity contribution is 5.69. The van der Waals surface area contributed by atoms with E-state index in [1.807, 2.05) is 91.0 Å². The van der Waals surface area contributed by atoms with Crippen molar-refractivity contribution in [3.8, 4) is 0 Å². The molecular formula is C26H32BrN3O3. The number of aliphatic hydroxyl groups is 1. The molecule has 7 heteroatoms. The minimum absolute atomic E-state index is 0. The van der Waals surface area contributed by atoms with Gasteiger partial charge in [-0.1, -0.05) is 60.7 Å². The highest BCUT2D eigenvalue weighted by Gasteiger charge is 2.44. The van der Waals surface area contributed by atoms with E-state index in [1.165, 1.54) is 0 Å². The number of esters is 1. The zero-order valence-corrected chi connectivity index (χ0v) is 20.5. The summed E-state index contributed by atoms with van der Waals surface area (Å²) in [7, 11) is 1.99. The third-order valence-corrected chi connectivity index (χ3v) is 6.19. The molecule has 33 heavy (non-hydrogen) atoms. The second-order valence-electron chi connectivity index (χ2n) is 8.58. The van der Waals surface area contributed by atoms with Crippen LogP contribution in [0.1, 0.15) is 36.8 Å². The Kier molecular flexibility index (Phi) is 8.83. The van der Waals surface area contributed by atoms with Crippen molar-refractivity contribution in [1.82, 2.24) is 9.88 Å². The Bertz CT molecular complexity index is 970. The van der Waals surface area contributed by atoms with Gasteiger partial charge in [0.1, 0.15) is 24.1 Å². The SMILES string of the molecule is C[n+]1ccn(CCCCC(=O)O[C@H]2CN[C@@H](C(O)(c3ccccc3)c3ccccc3)C2)c1.[Br-]. The molecule has 0 aliphatic carbocycles. The number of halogens is 1. The number of nitrogens with zero attached hydrogens (tertiary/aromatic N) is 2. The summed E-state index contributed by atoms with van der Waals surface area (Å²) >= 11 is 0. The van der Waals surface area contributed by atoms with Gasteiger partial charge in [-0.2, -0.15) is 0 Å². The van der Waals surface area contributed by atoms with E-state index >= 15 is 0 Å². The van der Waals surface area contributed by atoms with Crippen LogP contribution in [0.2, 0.25) is 0 Å². The molecule has 4 rings (SSSR count). The fourth-order valence-electron chi connectivity index (χ4n) is 4.51. The third kappa shape index (κ3) is 6.10. The van der Waals surface area contributed by atoms with Gasteiger partial charge in [0.05, 0.1) is 13.6 Å². The number of aromatic nitrogens is 2. The molecule has 0 radical (unpaired) electrons. The van der Waals surface area contributed by atoms with Crippen LogP contribution in [-0.2, 0) is 28.7 Å². The molecule has 0 bridgehead atoms. The first-order valence-corrected chi connectivity index (χ1v) is 11.3. The Balaban J connectivity index is 0.00000306. The number of nitrogens with one attached hydrogen (secondary N) is 1. The molecule has 0 amide bonds. The first kappa shape index (κ1) is 25.1. The average Bonchev–Trinajstić information content (AvgIpc) is 3.46. The van der Waals surface area contributed by atoms with E-state index in [4.69, 9.17) is 4.74 Å². The van der Waals surface area contributed by atoms with E-state index in [1.54, 1.807) is 0 Å². The zero-order chi connectivity index (χ0) is 22.4. The second kappa shape index (κ2) is 11.6. The smallest absolute Gasteiger partial charge is 0.306 e. The minimum Gasteiger partial charge on any atom is -1.00 e. The number of aryl methyl sites for hydroxylation is 2. The normalized spacial score (nSPS) is 18.0. The van der Waals surface area contributed by atoms with Gasteiger partial charge in [-0.3, -0.25) is 4.79 Å². The van der Waals surface area contributed by atoms with Gasteiger partial charge in [-0.25, -0.2) is 9.13 Å². The molecule has 1 aliphatic rings. The fourth-order valence-corrected chi connectivity index (χ4v) is 4.51. The fraction of sp³-hybridized carbons (Fsp3) is 0.385. The van der Waals surface area contributed by atoms with E-state index in [2.05, 4.69) is 9.88 Å². The maximum atomic E-state index is 12.4. The van der Waals surface area contributed by atoms with Crippen molar-refractivity contribution in [2.24, 2.45) is 7.05 Å². The first-order valence-electron chi connectivity index (χ1n) is 11.3. The predicted molar refractivity (Wildman–Crippen MR) is 122 cm³/mol. The molecule has 3 aromatic rings. The van der Waals surface area contributed by atoms with Crippen molar-refractivity contribution in [3.05, 3.63) is 90.5 Å². The van der Waals surface area contributed by atoms with Crippen LogP contribution >= 0.6 is 0 Å². The van der Waals surface area contributed by atoms with E-state index in [-0.39, 0.29) is 35.1 Å². The van der Waals surface area contributed by atoms with Crippen molar-refractivity contribution in [1.29, 1.82) is 0 Å². The number of ether oxygens (including phenoxy) is 1. The summed E-state index contributed by atoms with van der Waals surface area (Å²) < 4.78 is 9.86. The molecule has 2 N–H and O–H groups in total. The summed E-state index contributed by atoms with van der Waals surface area (Å²) in [6.07, 6.45) is 8.52. The highest BCUT2D eigenvalue weighted by Crippen LogP contribution is 2.37. The van der Waals surface area contributed by atoms with Crippen molar-refractivity contribution >= 4 is 5.97 Å². The van der Waals surface area contributed by atoms with E-state index in [0.29, 0.717) is 19.4 Å². The summed E-state index contributed by atoms with van der Waals surface area (Å²) in [5, 5.41) is 15.3. The first-order chi connectivity index (χ1) is 15.6. The van der Waals surface area contributed by atoms with Gasteiger partial charge >= 0.3 is 5.97 Å².